The second-order valence-corrected chi connectivity index (χ2v) is 4.49. The van der Waals surface area contributed by atoms with Gasteiger partial charge in [0.1, 0.15) is 6.10 Å². The number of hydrogen-bond acceptors (Lipinski definition) is 5. The van der Waals surface area contributed by atoms with Gasteiger partial charge in [-0.25, -0.2) is 0 Å². The zero-order valence-corrected chi connectivity index (χ0v) is 11.4. The molecule has 17 heavy (non-hydrogen) atoms. The molecule has 0 aliphatic carbocycles. The van der Waals surface area contributed by atoms with Crippen molar-refractivity contribution >= 4 is 0 Å². The number of nitrogens with zero attached hydrogens (tertiary/aromatic N) is 2. The molecule has 1 heterocycles. The third kappa shape index (κ3) is 4.09. The maximum Gasteiger partial charge on any atom is 0.228 e. The molecule has 0 fully saturated rings. The fraction of sp³-hybridized carbons (Fsp3) is 0.833. The van der Waals surface area contributed by atoms with Crippen molar-refractivity contribution in [2.75, 3.05) is 13.7 Å². The zero-order chi connectivity index (χ0) is 12.8. The van der Waals surface area contributed by atoms with Crippen molar-refractivity contribution in [1.82, 2.24) is 15.5 Å². The summed E-state index contributed by atoms with van der Waals surface area (Å²) >= 11 is 0. The van der Waals surface area contributed by atoms with Crippen LogP contribution in [0, 0.1) is 5.92 Å². The lowest BCUT2D eigenvalue weighted by Crippen LogP contribution is -2.32. The summed E-state index contributed by atoms with van der Waals surface area (Å²) in [6.07, 6.45) is 0.643. The quantitative estimate of drug-likeness (QED) is 0.790. The van der Waals surface area contributed by atoms with Crippen molar-refractivity contribution in [3.8, 4) is 0 Å². The van der Waals surface area contributed by atoms with Gasteiger partial charge in [-0.1, -0.05) is 19.0 Å². The summed E-state index contributed by atoms with van der Waals surface area (Å²) in [6.45, 7) is 8.86. The van der Waals surface area contributed by atoms with Crippen LogP contribution in [0.25, 0.3) is 0 Å². The van der Waals surface area contributed by atoms with E-state index >= 15 is 0 Å². The first-order chi connectivity index (χ1) is 8.08. The lowest BCUT2D eigenvalue weighted by atomic mass is 10.0. The second kappa shape index (κ2) is 6.71. The Kier molecular flexibility index (Phi) is 5.58. The van der Waals surface area contributed by atoms with Gasteiger partial charge in [0.2, 0.25) is 5.89 Å². The first kappa shape index (κ1) is 14.1. The molecule has 1 aromatic rings. The first-order valence-corrected chi connectivity index (χ1v) is 6.19. The van der Waals surface area contributed by atoms with E-state index in [1.165, 1.54) is 0 Å². The summed E-state index contributed by atoms with van der Waals surface area (Å²) in [7, 11) is 1.95. The van der Waals surface area contributed by atoms with Gasteiger partial charge >= 0.3 is 0 Å². The van der Waals surface area contributed by atoms with Crippen molar-refractivity contribution in [3.05, 3.63) is 11.7 Å². The van der Waals surface area contributed by atoms with Gasteiger partial charge in [-0.2, -0.15) is 4.98 Å². The van der Waals surface area contributed by atoms with E-state index in [-0.39, 0.29) is 6.10 Å². The van der Waals surface area contributed by atoms with E-state index in [1.54, 1.807) is 0 Å². The molecule has 0 aliphatic rings. The van der Waals surface area contributed by atoms with Gasteiger partial charge in [0.25, 0.3) is 0 Å². The Morgan fingerprint density at radius 3 is 2.59 bits per heavy atom. The fourth-order valence-corrected chi connectivity index (χ4v) is 1.70. The minimum atomic E-state index is -0.107. The SMILES string of the molecule is CCOC(C)c1noc(CC(NC)C(C)C)n1. The third-order valence-corrected chi connectivity index (χ3v) is 2.83. The second-order valence-electron chi connectivity index (χ2n) is 4.49. The number of rotatable bonds is 7. The zero-order valence-electron chi connectivity index (χ0n) is 11.4. The molecular formula is C12H23N3O2. The highest BCUT2D eigenvalue weighted by atomic mass is 16.5. The summed E-state index contributed by atoms with van der Waals surface area (Å²) in [5.74, 6) is 1.82. The average molecular weight is 241 g/mol. The van der Waals surface area contributed by atoms with Crippen LogP contribution in [0.4, 0.5) is 0 Å². The first-order valence-electron chi connectivity index (χ1n) is 6.19. The van der Waals surface area contributed by atoms with Gasteiger partial charge in [0.15, 0.2) is 5.82 Å². The van der Waals surface area contributed by atoms with E-state index in [2.05, 4.69) is 29.3 Å². The molecule has 98 valence electrons. The highest BCUT2D eigenvalue weighted by molar-refractivity contribution is 4.92. The number of aromatic nitrogens is 2. The Hall–Kier alpha value is -0.940. The van der Waals surface area contributed by atoms with Gasteiger partial charge in [-0.3, -0.25) is 0 Å². The molecule has 5 nitrogen and oxygen atoms in total. The summed E-state index contributed by atoms with van der Waals surface area (Å²) < 4.78 is 10.7. The van der Waals surface area contributed by atoms with E-state index in [4.69, 9.17) is 9.26 Å². The number of likely N-dealkylation sites (N-methyl/N-ethyl adjacent to an activating group) is 1. The monoisotopic (exact) mass is 241 g/mol. The number of nitrogens with one attached hydrogen (secondary N) is 1. The molecule has 2 atom stereocenters. The maximum atomic E-state index is 5.42. The van der Waals surface area contributed by atoms with Crippen LogP contribution in [-0.2, 0) is 11.2 Å². The van der Waals surface area contributed by atoms with E-state index < -0.39 is 0 Å². The molecule has 0 radical (unpaired) electrons. The van der Waals surface area contributed by atoms with E-state index in [1.807, 2.05) is 20.9 Å². The van der Waals surface area contributed by atoms with Crippen molar-refractivity contribution < 1.29 is 9.26 Å². The van der Waals surface area contributed by atoms with E-state index in [0.29, 0.717) is 30.3 Å². The maximum absolute atomic E-state index is 5.42. The molecule has 0 aromatic carbocycles. The molecule has 1 N–H and O–H groups in total. The smallest absolute Gasteiger partial charge is 0.228 e. The molecule has 0 spiro atoms. The fourth-order valence-electron chi connectivity index (χ4n) is 1.70. The van der Waals surface area contributed by atoms with Crippen LogP contribution in [0.15, 0.2) is 4.52 Å². The Morgan fingerprint density at radius 1 is 1.35 bits per heavy atom. The van der Waals surface area contributed by atoms with Crippen molar-refractivity contribution in [3.63, 3.8) is 0 Å². The molecule has 1 aromatic heterocycles. The predicted molar refractivity (Wildman–Crippen MR) is 65.7 cm³/mol. The molecular weight excluding hydrogens is 218 g/mol. The molecule has 1 rings (SSSR count). The highest BCUT2D eigenvalue weighted by Crippen LogP contribution is 2.14. The molecule has 0 saturated carbocycles. The van der Waals surface area contributed by atoms with Gasteiger partial charge < -0.3 is 14.6 Å². The van der Waals surface area contributed by atoms with Crippen LogP contribution in [0.2, 0.25) is 0 Å². The average Bonchev–Trinajstić information content (AvgIpc) is 2.74. The predicted octanol–water partition coefficient (Wildman–Crippen LogP) is 1.95. The van der Waals surface area contributed by atoms with Crippen molar-refractivity contribution in [2.45, 2.75) is 46.3 Å². The summed E-state index contributed by atoms with van der Waals surface area (Å²) in [6, 6.07) is 0.352. The van der Waals surface area contributed by atoms with Crippen LogP contribution in [0.1, 0.15) is 45.5 Å². The largest absolute Gasteiger partial charge is 0.371 e. The summed E-state index contributed by atoms with van der Waals surface area (Å²) in [5.41, 5.74) is 0. The number of ether oxygens (including phenoxy) is 1. The molecule has 5 heteroatoms. The molecule has 0 bridgehead atoms. The highest BCUT2D eigenvalue weighted by Gasteiger charge is 2.18. The van der Waals surface area contributed by atoms with Crippen LogP contribution in [0.5, 0.6) is 0 Å². The van der Waals surface area contributed by atoms with Crippen LogP contribution in [-0.4, -0.2) is 29.8 Å². The van der Waals surface area contributed by atoms with Gasteiger partial charge in [0.05, 0.1) is 0 Å². The normalized spacial score (nSPS) is 15.2. The lowest BCUT2D eigenvalue weighted by Gasteiger charge is -2.17. The summed E-state index contributed by atoms with van der Waals surface area (Å²) in [5, 5.41) is 7.20. The van der Waals surface area contributed by atoms with Crippen LogP contribution >= 0.6 is 0 Å². The van der Waals surface area contributed by atoms with Crippen molar-refractivity contribution in [1.29, 1.82) is 0 Å². The Labute approximate surface area is 103 Å². The molecule has 0 saturated heterocycles. The van der Waals surface area contributed by atoms with E-state index in [9.17, 15) is 0 Å². The molecule has 0 aliphatic heterocycles. The Bertz CT molecular complexity index is 325. The van der Waals surface area contributed by atoms with Gasteiger partial charge in [-0.15, -0.1) is 0 Å². The minimum absolute atomic E-state index is 0.107. The van der Waals surface area contributed by atoms with Crippen LogP contribution in [0.3, 0.4) is 0 Å². The van der Waals surface area contributed by atoms with Gasteiger partial charge in [-0.05, 0) is 26.8 Å². The number of hydrogen-bond donors (Lipinski definition) is 1. The van der Waals surface area contributed by atoms with Crippen molar-refractivity contribution in [2.24, 2.45) is 5.92 Å². The van der Waals surface area contributed by atoms with E-state index in [0.717, 1.165) is 6.42 Å². The third-order valence-electron chi connectivity index (χ3n) is 2.83. The summed E-state index contributed by atoms with van der Waals surface area (Å²) in [4.78, 5) is 4.36. The topological polar surface area (TPSA) is 60.2 Å². The minimum Gasteiger partial charge on any atom is -0.371 e. The Balaban J connectivity index is 2.61. The molecule has 2 unspecified atom stereocenters. The van der Waals surface area contributed by atoms with Gasteiger partial charge in [0, 0.05) is 19.1 Å². The standard InChI is InChI=1S/C12H23N3O2/c1-6-16-9(4)12-14-11(17-15-12)7-10(13-5)8(2)3/h8-10,13H,6-7H2,1-5H3. The lowest BCUT2D eigenvalue weighted by molar-refractivity contribution is 0.0683. The Morgan fingerprint density at radius 2 is 2.06 bits per heavy atom. The molecule has 0 amide bonds. The van der Waals surface area contributed by atoms with Crippen LogP contribution < -0.4 is 5.32 Å².